The van der Waals surface area contributed by atoms with Crippen LogP contribution in [0, 0.1) is 6.92 Å². The molecule has 2 N–H and O–H groups in total. The number of hydrogen-bond acceptors (Lipinski definition) is 5. The van der Waals surface area contributed by atoms with E-state index in [4.69, 9.17) is 5.73 Å². The zero-order chi connectivity index (χ0) is 11.6. The molecule has 5 nitrogen and oxygen atoms in total. The summed E-state index contributed by atoms with van der Waals surface area (Å²) in [6.07, 6.45) is 1.90. The van der Waals surface area contributed by atoms with Crippen LogP contribution in [-0.4, -0.2) is 24.6 Å². The first-order chi connectivity index (χ1) is 6.83. The molecule has 84 valence electrons. The van der Waals surface area contributed by atoms with Crippen molar-refractivity contribution in [1.82, 2.24) is 9.97 Å². The van der Waals surface area contributed by atoms with Crippen molar-refractivity contribution in [3.05, 3.63) is 17.1 Å². The average molecular weight is 229 g/mol. The van der Waals surface area contributed by atoms with Crippen molar-refractivity contribution in [1.29, 1.82) is 0 Å². The molecular formula is C9H15N3O2S. The minimum atomic E-state index is -3.11. The molecule has 0 spiro atoms. The SMILES string of the molecule is CCc1c(C)nc(CS(C)(=O)=O)nc1N. The molecule has 0 amide bonds. The minimum absolute atomic E-state index is 0.165. The maximum atomic E-state index is 11.1. The van der Waals surface area contributed by atoms with Gasteiger partial charge in [-0.2, -0.15) is 0 Å². The van der Waals surface area contributed by atoms with Crippen molar-refractivity contribution in [2.45, 2.75) is 26.0 Å². The average Bonchev–Trinajstić information content (AvgIpc) is 1.99. The highest BCUT2D eigenvalue weighted by molar-refractivity contribution is 7.89. The molecule has 0 aliphatic carbocycles. The third-order valence-corrected chi connectivity index (χ3v) is 2.82. The molecule has 15 heavy (non-hydrogen) atoms. The summed E-state index contributed by atoms with van der Waals surface area (Å²) in [6.45, 7) is 3.76. The predicted molar refractivity (Wildman–Crippen MR) is 59.1 cm³/mol. The fraction of sp³-hybridized carbons (Fsp3) is 0.556. The second kappa shape index (κ2) is 4.14. The van der Waals surface area contributed by atoms with E-state index in [0.29, 0.717) is 5.82 Å². The Labute approximate surface area is 89.7 Å². The van der Waals surface area contributed by atoms with Gasteiger partial charge in [-0.15, -0.1) is 0 Å². The highest BCUT2D eigenvalue weighted by Crippen LogP contribution is 2.14. The van der Waals surface area contributed by atoms with E-state index in [9.17, 15) is 8.42 Å². The first-order valence-electron chi connectivity index (χ1n) is 4.63. The molecule has 0 unspecified atom stereocenters. The van der Waals surface area contributed by atoms with Crippen LogP contribution in [0.2, 0.25) is 0 Å². The lowest BCUT2D eigenvalue weighted by Gasteiger charge is -2.07. The van der Waals surface area contributed by atoms with Gasteiger partial charge in [0.15, 0.2) is 9.84 Å². The molecule has 0 bridgehead atoms. The Morgan fingerprint density at radius 2 is 1.93 bits per heavy atom. The van der Waals surface area contributed by atoms with Crippen molar-refractivity contribution < 1.29 is 8.42 Å². The van der Waals surface area contributed by atoms with Gasteiger partial charge in [-0.05, 0) is 13.3 Å². The van der Waals surface area contributed by atoms with Crippen LogP contribution in [0.4, 0.5) is 5.82 Å². The molecule has 0 aliphatic rings. The lowest BCUT2D eigenvalue weighted by atomic mass is 10.2. The molecule has 0 radical (unpaired) electrons. The number of aryl methyl sites for hydroxylation is 1. The summed E-state index contributed by atoms with van der Waals surface area (Å²) in [5.41, 5.74) is 7.34. The molecule has 1 rings (SSSR count). The zero-order valence-corrected chi connectivity index (χ0v) is 9.93. The molecule has 1 heterocycles. The maximum absolute atomic E-state index is 11.1. The van der Waals surface area contributed by atoms with Crippen LogP contribution < -0.4 is 5.73 Å². The molecule has 1 aromatic rings. The van der Waals surface area contributed by atoms with E-state index in [-0.39, 0.29) is 11.6 Å². The lowest BCUT2D eigenvalue weighted by molar-refractivity contribution is 0.599. The van der Waals surface area contributed by atoms with E-state index >= 15 is 0 Å². The van der Waals surface area contributed by atoms with E-state index in [0.717, 1.165) is 23.9 Å². The smallest absolute Gasteiger partial charge is 0.154 e. The van der Waals surface area contributed by atoms with Crippen molar-refractivity contribution in [2.75, 3.05) is 12.0 Å². The Bertz CT molecular complexity index is 445. The summed E-state index contributed by atoms with van der Waals surface area (Å²) in [6, 6.07) is 0. The number of aromatic nitrogens is 2. The van der Waals surface area contributed by atoms with Gasteiger partial charge in [0.05, 0.1) is 0 Å². The maximum Gasteiger partial charge on any atom is 0.154 e. The van der Waals surface area contributed by atoms with Gasteiger partial charge in [0.1, 0.15) is 17.4 Å². The standard InChI is InChI=1S/C9H15N3O2S/c1-4-7-6(2)11-8(12-9(7)10)5-15(3,13)14/h4-5H2,1-3H3,(H2,10,11,12). The van der Waals surface area contributed by atoms with Gasteiger partial charge >= 0.3 is 0 Å². The monoisotopic (exact) mass is 229 g/mol. The summed E-state index contributed by atoms with van der Waals surface area (Å²) >= 11 is 0. The fourth-order valence-corrected chi connectivity index (χ4v) is 2.01. The van der Waals surface area contributed by atoms with E-state index in [1.807, 2.05) is 13.8 Å². The van der Waals surface area contributed by atoms with Crippen molar-refractivity contribution in [3.8, 4) is 0 Å². The highest BCUT2D eigenvalue weighted by atomic mass is 32.2. The number of hydrogen-bond donors (Lipinski definition) is 1. The second-order valence-electron chi connectivity index (χ2n) is 3.51. The number of rotatable bonds is 3. The Morgan fingerprint density at radius 1 is 1.33 bits per heavy atom. The van der Waals surface area contributed by atoms with Crippen LogP contribution in [0.25, 0.3) is 0 Å². The van der Waals surface area contributed by atoms with Gasteiger partial charge in [0.25, 0.3) is 0 Å². The van der Waals surface area contributed by atoms with Crippen LogP contribution >= 0.6 is 0 Å². The molecule has 1 aromatic heterocycles. The highest BCUT2D eigenvalue weighted by Gasteiger charge is 2.11. The van der Waals surface area contributed by atoms with Crippen LogP contribution in [0.1, 0.15) is 24.0 Å². The van der Waals surface area contributed by atoms with Crippen molar-refractivity contribution in [3.63, 3.8) is 0 Å². The molecule has 0 atom stereocenters. The van der Waals surface area contributed by atoms with Gasteiger partial charge in [-0.3, -0.25) is 0 Å². The van der Waals surface area contributed by atoms with E-state index < -0.39 is 9.84 Å². The zero-order valence-electron chi connectivity index (χ0n) is 9.11. The number of sulfone groups is 1. The molecular weight excluding hydrogens is 214 g/mol. The number of nitrogen functional groups attached to an aromatic ring is 1. The normalized spacial score (nSPS) is 11.7. The van der Waals surface area contributed by atoms with E-state index in [1.54, 1.807) is 0 Å². The molecule has 0 saturated heterocycles. The molecule has 0 aromatic carbocycles. The third-order valence-electron chi connectivity index (χ3n) is 2.04. The van der Waals surface area contributed by atoms with Crippen molar-refractivity contribution in [2.24, 2.45) is 0 Å². The van der Waals surface area contributed by atoms with Crippen LogP contribution in [-0.2, 0) is 22.0 Å². The Hall–Kier alpha value is -1.17. The molecule has 6 heteroatoms. The van der Waals surface area contributed by atoms with Gasteiger partial charge < -0.3 is 5.73 Å². The first-order valence-corrected chi connectivity index (χ1v) is 6.69. The number of nitrogens with two attached hydrogens (primary N) is 1. The van der Waals surface area contributed by atoms with Gasteiger partial charge in [0.2, 0.25) is 0 Å². The second-order valence-corrected chi connectivity index (χ2v) is 5.65. The molecule has 0 aliphatic heterocycles. The summed E-state index contributed by atoms with van der Waals surface area (Å²) in [7, 11) is -3.11. The van der Waals surface area contributed by atoms with Gasteiger partial charge in [0, 0.05) is 17.5 Å². The summed E-state index contributed by atoms with van der Waals surface area (Å²) in [5, 5.41) is 0. The third kappa shape index (κ3) is 3.16. The topological polar surface area (TPSA) is 85.9 Å². The van der Waals surface area contributed by atoms with Crippen LogP contribution in [0.15, 0.2) is 0 Å². The Balaban J connectivity index is 3.15. The molecule has 0 saturated carbocycles. The van der Waals surface area contributed by atoms with E-state index in [1.165, 1.54) is 0 Å². The summed E-state index contributed by atoms with van der Waals surface area (Å²) in [5.74, 6) is 0.482. The Kier molecular flexibility index (Phi) is 3.28. The quantitative estimate of drug-likeness (QED) is 0.814. The fourth-order valence-electron chi connectivity index (χ4n) is 1.41. The Morgan fingerprint density at radius 3 is 2.33 bits per heavy atom. The predicted octanol–water partition coefficient (Wildman–Crippen LogP) is 0.474. The van der Waals surface area contributed by atoms with Gasteiger partial charge in [-0.1, -0.05) is 6.92 Å². The summed E-state index contributed by atoms with van der Waals surface area (Å²) in [4.78, 5) is 8.10. The van der Waals surface area contributed by atoms with Gasteiger partial charge in [-0.25, -0.2) is 18.4 Å². The van der Waals surface area contributed by atoms with Crippen LogP contribution in [0.3, 0.4) is 0 Å². The van der Waals surface area contributed by atoms with E-state index in [2.05, 4.69) is 9.97 Å². The number of anilines is 1. The van der Waals surface area contributed by atoms with Crippen LogP contribution in [0.5, 0.6) is 0 Å². The lowest BCUT2D eigenvalue weighted by Crippen LogP contribution is -2.10. The minimum Gasteiger partial charge on any atom is -0.383 e. The summed E-state index contributed by atoms with van der Waals surface area (Å²) < 4.78 is 22.1. The first kappa shape index (κ1) is 11.9. The van der Waals surface area contributed by atoms with Crippen molar-refractivity contribution >= 4 is 15.7 Å². The largest absolute Gasteiger partial charge is 0.383 e. The molecule has 0 fully saturated rings. The number of nitrogens with zero attached hydrogens (tertiary/aromatic N) is 2.